The first-order chi connectivity index (χ1) is 10.2. The summed E-state index contributed by atoms with van der Waals surface area (Å²) in [5, 5.41) is 3.60. The van der Waals surface area contributed by atoms with Gasteiger partial charge in [-0.2, -0.15) is 0 Å². The molecule has 0 bridgehead atoms. The Labute approximate surface area is 129 Å². The van der Waals surface area contributed by atoms with Crippen LogP contribution in [0.3, 0.4) is 0 Å². The summed E-state index contributed by atoms with van der Waals surface area (Å²) in [6.07, 6.45) is 1.01. The topological polar surface area (TPSA) is 21.3 Å². The number of methoxy groups -OCH3 is 1. The summed E-state index contributed by atoms with van der Waals surface area (Å²) in [6, 6.07) is 12.6. The van der Waals surface area contributed by atoms with Crippen molar-refractivity contribution in [3.8, 4) is 5.75 Å². The van der Waals surface area contributed by atoms with Gasteiger partial charge in [0.15, 0.2) is 0 Å². The van der Waals surface area contributed by atoms with Gasteiger partial charge in [-0.15, -0.1) is 0 Å². The summed E-state index contributed by atoms with van der Waals surface area (Å²) in [7, 11) is 1.64. The maximum Gasteiger partial charge on any atom is 0.141 e. The largest absolute Gasteiger partial charge is 0.497 e. The number of ether oxygens (including phenoxy) is 1. The average Bonchev–Trinajstić information content (AvgIpc) is 2.51. The lowest BCUT2D eigenvalue weighted by Gasteiger charge is -2.20. The van der Waals surface area contributed by atoms with Crippen molar-refractivity contribution in [1.82, 2.24) is 5.32 Å². The van der Waals surface area contributed by atoms with Crippen LogP contribution in [0, 0.1) is 5.82 Å². The van der Waals surface area contributed by atoms with Crippen LogP contribution in [0.2, 0.25) is 5.02 Å². The Bertz CT molecular complexity index is 603. The fraction of sp³-hybridized carbons (Fsp3) is 0.294. The Morgan fingerprint density at radius 1 is 1.19 bits per heavy atom. The highest BCUT2D eigenvalue weighted by Crippen LogP contribution is 2.28. The molecule has 0 amide bonds. The molecule has 112 valence electrons. The van der Waals surface area contributed by atoms with Gasteiger partial charge in [0.25, 0.3) is 0 Å². The standard InChI is InChI=1S/C17H19ClFNO/c1-3-9-20-17(12-5-4-6-14(10-12)21-2)13-7-8-16(19)15(18)11-13/h4-8,10-11,17,20H,3,9H2,1-2H3. The normalized spacial score (nSPS) is 12.2. The molecule has 1 N–H and O–H groups in total. The van der Waals surface area contributed by atoms with Crippen LogP contribution in [0.15, 0.2) is 42.5 Å². The van der Waals surface area contributed by atoms with Gasteiger partial charge in [-0.3, -0.25) is 0 Å². The predicted octanol–water partition coefficient (Wildman–Crippen LogP) is 4.58. The Morgan fingerprint density at radius 3 is 2.62 bits per heavy atom. The molecule has 0 aliphatic heterocycles. The molecule has 0 saturated carbocycles. The van der Waals surface area contributed by atoms with Crippen molar-refractivity contribution < 1.29 is 9.13 Å². The molecule has 2 nitrogen and oxygen atoms in total. The first-order valence-electron chi connectivity index (χ1n) is 6.98. The Kier molecular flexibility index (Phi) is 5.59. The van der Waals surface area contributed by atoms with Crippen LogP contribution in [-0.2, 0) is 0 Å². The Morgan fingerprint density at radius 2 is 1.95 bits per heavy atom. The van der Waals surface area contributed by atoms with E-state index in [0.717, 1.165) is 29.8 Å². The van der Waals surface area contributed by atoms with Crippen LogP contribution in [0.25, 0.3) is 0 Å². The minimum Gasteiger partial charge on any atom is -0.497 e. The minimum absolute atomic E-state index is 0.0434. The summed E-state index contributed by atoms with van der Waals surface area (Å²) in [5.41, 5.74) is 1.99. The molecule has 1 unspecified atom stereocenters. The molecule has 0 radical (unpaired) electrons. The third-order valence-electron chi connectivity index (χ3n) is 3.30. The van der Waals surface area contributed by atoms with E-state index in [9.17, 15) is 4.39 Å². The molecule has 0 spiro atoms. The highest BCUT2D eigenvalue weighted by Gasteiger charge is 2.15. The van der Waals surface area contributed by atoms with Crippen LogP contribution in [0.5, 0.6) is 5.75 Å². The maximum atomic E-state index is 13.4. The summed E-state index contributed by atoms with van der Waals surface area (Å²) in [5.74, 6) is 0.393. The van der Waals surface area contributed by atoms with E-state index in [4.69, 9.17) is 16.3 Å². The fourth-order valence-corrected chi connectivity index (χ4v) is 2.42. The van der Waals surface area contributed by atoms with E-state index >= 15 is 0 Å². The van der Waals surface area contributed by atoms with Crippen molar-refractivity contribution in [1.29, 1.82) is 0 Å². The van der Waals surface area contributed by atoms with Gasteiger partial charge in [0.2, 0.25) is 0 Å². The third-order valence-corrected chi connectivity index (χ3v) is 3.59. The van der Waals surface area contributed by atoms with Crippen LogP contribution >= 0.6 is 11.6 Å². The molecule has 2 aromatic rings. The van der Waals surface area contributed by atoms with E-state index < -0.39 is 5.82 Å². The number of rotatable bonds is 6. The lowest BCUT2D eigenvalue weighted by atomic mass is 9.98. The summed E-state index contributed by atoms with van der Waals surface area (Å²) in [6.45, 7) is 2.96. The first kappa shape index (κ1) is 15.8. The molecular weight excluding hydrogens is 289 g/mol. The third kappa shape index (κ3) is 3.96. The number of hydrogen-bond donors (Lipinski definition) is 1. The maximum absolute atomic E-state index is 13.4. The van der Waals surface area contributed by atoms with Gasteiger partial charge in [0.05, 0.1) is 18.2 Å². The molecule has 0 aromatic heterocycles. The monoisotopic (exact) mass is 307 g/mol. The van der Waals surface area contributed by atoms with Crippen LogP contribution in [0.1, 0.15) is 30.5 Å². The van der Waals surface area contributed by atoms with E-state index in [-0.39, 0.29) is 11.1 Å². The molecular formula is C17H19ClFNO. The van der Waals surface area contributed by atoms with E-state index in [0.29, 0.717) is 0 Å². The van der Waals surface area contributed by atoms with Crippen LogP contribution in [0.4, 0.5) is 4.39 Å². The quantitative estimate of drug-likeness (QED) is 0.843. The van der Waals surface area contributed by atoms with Gasteiger partial charge >= 0.3 is 0 Å². The second-order valence-electron chi connectivity index (χ2n) is 4.84. The fourth-order valence-electron chi connectivity index (χ4n) is 2.23. The molecule has 0 saturated heterocycles. The molecule has 1 atom stereocenters. The first-order valence-corrected chi connectivity index (χ1v) is 7.35. The van der Waals surface area contributed by atoms with Gasteiger partial charge in [-0.05, 0) is 48.4 Å². The number of hydrogen-bond acceptors (Lipinski definition) is 2. The van der Waals surface area contributed by atoms with Crippen molar-refractivity contribution >= 4 is 11.6 Å². The lowest BCUT2D eigenvalue weighted by molar-refractivity contribution is 0.413. The van der Waals surface area contributed by atoms with Crippen molar-refractivity contribution in [3.05, 3.63) is 64.4 Å². The van der Waals surface area contributed by atoms with E-state index in [1.165, 1.54) is 6.07 Å². The van der Waals surface area contributed by atoms with Crippen molar-refractivity contribution in [2.75, 3.05) is 13.7 Å². The molecule has 0 aliphatic carbocycles. The van der Waals surface area contributed by atoms with E-state index in [2.05, 4.69) is 12.2 Å². The molecule has 4 heteroatoms. The van der Waals surface area contributed by atoms with Gasteiger partial charge < -0.3 is 10.1 Å². The van der Waals surface area contributed by atoms with Crippen molar-refractivity contribution in [2.45, 2.75) is 19.4 Å². The lowest BCUT2D eigenvalue weighted by Crippen LogP contribution is -2.23. The molecule has 0 fully saturated rings. The van der Waals surface area contributed by atoms with Gasteiger partial charge in [0.1, 0.15) is 11.6 Å². The zero-order valence-electron chi connectivity index (χ0n) is 12.2. The Hall–Kier alpha value is -1.58. The van der Waals surface area contributed by atoms with Gasteiger partial charge in [0, 0.05) is 0 Å². The van der Waals surface area contributed by atoms with Gasteiger partial charge in [-0.25, -0.2) is 4.39 Å². The molecule has 0 aliphatic rings. The number of benzene rings is 2. The number of halogens is 2. The predicted molar refractivity (Wildman–Crippen MR) is 84.5 cm³/mol. The highest BCUT2D eigenvalue weighted by atomic mass is 35.5. The number of nitrogens with one attached hydrogen (secondary N) is 1. The summed E-state index contributed by atoms with van der Waals surface area (Å²) in [4.78, 5) is 0. The zero-order chi connectivity index (χ0) is 15.2. The SMILES string of the molecule is CCCNC(c1cccc(OC)c1)c1ccc(F)c(Cl)c1. The second-order valence-corrected chi connectivity index (χ2v) is 5.24. The van der Waals surface area contributed by atoms with E-state index in [1.54, 1.807) is 19.2 Å². The minimum atomic E-state index is -0.402. The Balaban J connectivity index is 2.38. The summed E-state index contributed by atoms with van der Waals surface area (Å²) < 4.78 is 18.6. The van der Waals surface area contributed by atoms with Crippen LogP contribution < -0.4 is 10.1 Å². The smallest absolute Gasteiger partial charge is 0.141 e. The molecule has 2 aromatic carbocycles. The van der Waals surface area contributed by atoms with Crippen molar-refractivity contribution in [3.63, 3.8) is 0 Å². The van der Waals surface area contributed by atoms with Gasteiger partial charge in [-0.1, -0.05) is 36.7 Å². The average molecular weight is 308 g/mol. The highest BCUT2D eigenvalue weighted by molar-refractivity contribution is 6.30. The molecule has 0 heterocycles. The second kappa shape index (κ2) is 7.43. The van der Waals surface area contributed by atoms with Crippen LogP contribution in [-0.4, -0.2) is 13.7 Å². The van der Waals surface area contributed by atoms with E-state index in [1.807, 2.05) is 24.3 Å². The molecule has 21 heavy (non-hydrogen) atoms. The molecule has 2 rings (SSSR count). The zero-order valence-corrected chi connectivity index (χ0v) is 13.0. The summed E-state index contributed by atoms with van der Waals surface area (Å²) >= 11 is 5.91. The van der Waals surface area contributed by atoms with Crippen molar-refractivity contribution in [2.24, 2.45) is 0 Å².